The molecular formula is C56H46N6O8S2. The third-order valence-corrected chi connectivity index (χ3v) is 19.3. The summed E-state index contributed by atoms with van der Waals surface area (Å²) >= 11 is 0. The van der Waals surface area contributed by atoms with Gasteiger partial charge < -0.3 is 9.80 Å². The summed E-state index contributed by atoms with van der Waals surface area (Å²) in [5.74, 6) is -2.06. The Morgan fingerprint density at radius 1 is 0.528 bits per heavy atom. The number of ketones is 2. The van der Waals surface area contributed by atoms with Crippen molar-refractivity contribution >= 4 is 54.4 Å². The molecule has 4 atom stereocenters. The summed E-state index contributed by atoms with van der Waals surface area (Å²) in [5.41, 5.74) is 6.82. The van der Waals surface area contributed by atoms with Crippen molar-refractivity contribution in [3.63, 3.8) is 0 Å². The molecule has 0 unspecified atom stereocenters. The standard InChI is InChI=1S/2C28H23N3O4S/c2*29-15-18-8-10-19(11-9-18)23-14-28(23)22-5-1-2-7-25(22)31(27(28)33)16-20-4-3-6-24(30-20)26(32)17-36(34,35)21-12-13-21/h2*1-11,21,23H,12-14,16-17H2/t2*23-,28-/m10/s1. The molecule has 360 valence electrons. The van der Waals surface area contributed by atoms with Gasteiger partial charge >= 0.3 is 0 Å². The van der Waals surface area contributed by atoms with Crippen LogP contribution < -0.4 is 9.80 Å². The van der Waals surface area contributed by atoms with Gasteiger partial charge in [-0.1, -0.05) is 72.8 Å². The molecule has 6 aromatic rings. The van der Waals surface area contributed by atoms with Crippen molar-refractivity contribution in [2.45, 2.75) is 84.8 Å². The Labute approximate surface area is 416 Å². The number of carbonyl (C=O) groups excluding carboxylic acids is 4. The van der Waals surface area contributed by atoms with E-state index in [1.54, 1.807) is 58.3 Å². The molecule has 4 aliphatic carbocycles. The highest BCUT2D eigenvalue weighted by molar-refractivity contribution is 7.93. The monoisotopic (exact) mass is 994 g/mol. The number of benzene rings is 4. The fourth-order valence-electron chi connectivity index (χ4n) is 10.8. The second-order valence-electron chi connectivity index (χ2n) is 19.6. The molecule has 4 saturated carbocycles. The number of nitriles is 2. The van der Waals surface area contributed by atoms with E-state index in [2.05, 4.69) is 22.1 Å². The van der Waals surface area contributed by atoms with Gasteiger partial charge in [0.05, 0.1) is 69.1 Å². The van der Waals surface area contributed by atoms with Gasteiger partial charge in [0, 0.05) is 23.2 Å². The molecule has 0 N–H and O–H groups in total. The first kappa shape index (κ1) is 46.7. The van der Waals surface area contributed by atoms with E-state index in [0.717, 1.165) is 33.6 Å². The minimum absolute atomic E-state index is 0.00657. The summed E-state index contributed by atoms with van der Waals surface area (Å²) in [5, 5.41) is 17.4. The molecule has 4 heterocycles. The third-order valence-electron chi connectivity index (χ3n) is 15.0. The number of sulfone groups is 2. The van der Waals surface area contributed by atoms with E-state index >= 15 is 0 Å². The zero-order valence-corrected chi connectivity index (χ0v) is 40.5. The molecule has 6 aliphatic rings. The maximum atomic E-state index is 13.8. The van der Waals surface area contributed by atoms with Gasteiger partial charge in [-0.25, -0.2) is 26.8 Å². The Balaban J connectivity index is 0.000000156. The molecule has 72 heavy (non-hydrogen) atoms. The Kier molecular flexibility index (Phi) is 11.4. The zero-order valence-electron chi connectivity index (χ0n) is 38.8. The molecule has 2 aliphatic heterocycles. The summed E-state index contributed by atoms with van der Waals surface area (Å²) in [4.78, 5) is 65.3. The smallest absolute Gasteiger partial charge is 0.238 e. The predicted octanol–water partition coefficient (Wildman–Crippen LogP) is 7.37. The minimum Gasteiger partial charge on any atom is -0.305 e. The van der Waals surface area contributed by atoms with E-state index in [9.17, 15) is 36.0 Å². The highest BCUT2D eigenvalue weighted by Crippen LogP contribution is 2.67. The largest absolute Gasteiger partial charge is 0.305 e. The van der Waals surface area contributed by atoms with Crippen molar-refractivity contribution in [3.8, 4) is 12.1 Å². The molecule has 2 spiro atoms. The fraction of sp³-hybridized carbons (Fsp3) is 0.286. The number of fused-ring (bicyclic) bond motifs is 4. The first-order valence-corrected chi connectivity index (χ1v) is 27.3. The topological polar surface area (TPSA) is 216 Å². The van der Waals surface area contributed by atoms with E-state index in [4.69, 9.17) is 10.5 Å². The molecule has 4 aromatic carbocycles. The number of hydrogen-bond donors (Lipinski definition) is 0. The summed E-state index contributed by atoms with van der Waals surface area (Å²) in [6.45, 7) is 0.377. The molecule has 12 rings (SSSR count). The normalized spacial score (nSPS) is 22.4. The Bertz CT molecular complexity index is 3340. The van der Waals surface area contributed by atoms with Crippen LogP contribution in [0.1, 0.15) is 116 Å². The van der Waals surface area contributed by atoms with Crippen molar-refractivity contribution in [2.24, 2.45) is 0 Å². The average Bonchev–Trinajstić information content (AvgIpc) is 4.19. The van der Waals surface area contributed by atoms with Gasteiger partial charge in [0.2, 0.25) is 11.8 Å². The van der Waals surface area contributed by atoms with Gasteiger partial charge in [-0.2, -0.15) is 10.5 Å². The predicted molar refractivity (Wildman–Crippen MR) is 266 cm³/mol. The Morgan fingerprint density at radius 3 is 1.26 bits per heavy atom. The summed E-state index contributed by atoms with van der Waals surface area (Å²) in [6, 6.07) is 44.4. The number of amides is 2. The maximum Gasteiger partial charge on any atom is 0.238 e. The lowest BCUT2D eigenvalue weighted by atomic mass is 9.92. The third kappa shape index (κ3) is 8.28. The molecule has 2 aromatic heterocycles. The minimum atomic E-state index is -3.43. The lowest BCUT2D eigenvalue weighted by molar-refractivity contribution is -0.121. The van der Waals surface area contributed by atoms with E-state index in [-0.39, 0.29) is 48.1 Å². The molecular weight excluding hydrogens is 949 g/mol. The molecule has 16 heteroatoms. The van der Waals surface area contributed by atoms with E-state index in [1.165, 1.54) is 12.1 Å². The molecule has 14 nitrogen and oxygen atoms in total. The van der Waals surface area contributed by atoms with E-state index in [1.807, 2.05) is 72.8 Å². The van der Waals surface area contributed by atoms with Crippen LogP contribution in [0, 0.1) is 22.7 Å². The number of para-hydroxylation sites is 2. The van der Waals surface area contributed by atoms with Gasteiger partial charge in [-0.15, -0.1) is 0 Å². The number of pyridine rings is 2. The molecule has 0 radical (unpaired) electrons. The maximum absolute atomic E-state index is 13.8. The number of anilines is 2. The van der Waals surface area contributed by atoms with Crippen LogP contribution in [0.15, 0.2) is 133 Å². The highest BCUT2D eigenvalue weighted by Gasteiger charge is 2.68. The average molecular weight is 995 g/mol. The first-order valence-electron chi connectivity index (χ1n) is 23.9. The van der Waals surface area contributed by atoms with Crippen LogP contribution in [0.3, 0.4) is 0 Å². The summed E-state index contributed by atoms with van der Waals surface area (Å²) in [6.07, 6.45) is 3.84. The van der Waals surface area contributed by atoms with E-state index < -0.39 is 64.1 Å². The number of Topliss-reactive ketones (excluding diaryl/α,β-unsaturated/α-hetero) is 2. The van der Waals surface area contributed by atoms with Crippen molar-refractivity contribution in [3.05, 3.63) is 190 Å². The van der Waals surface area contributed by atoms with Crippen LogP contribution in [0.5, 0.6) is 0 Å². The summed E-state index contributed by atoms with van der Waals surface area (Å²) < 4.78 is 49.1. The van der Waals surface area contributed by atoms with Crippen LogP contribution in [-0.4, -0.2) is 72.2 Å². The van der Waals surface area contributed by atoms with Crippen molar-refractivity contribution in [1.82, 2.24) is 9.97 Å². The quantitative estimate of drug-likeness (QED) is 0.0978. The second kappa shape index (κ2) is 17.6. The fourth-order valence-corrected chi connectivity index (χ4v) is 14.0. The Hall–Kier alpha value is -7.66. The van der Waals surface area contributed by atoms with Crippen LogP contribution >= 0.6 is 0 Å². The number of hydrogen-bond acceptors (Lipinski definition) is 12. The summed E-state index contributed by atoms with van der Waals surface area (Å²) in [7, 11) is -6.87. The number of aromatic nitrogens is 2. The van der Waals surface area contributed by atoms with Crippen LogP contribution in [0.4, 0.5) is 11.4 Å². The number of rotatable bonds is 14. The molecule has 4 fully saturated rings. The van der Waals surface area contributed by atoms with Crippen LogP contribution in [-0.2, 0) is 53.2 Å². The van der Waals surface area contributed by atoms with E-state index in [0.29, 0.717) is 61.0 Å². The SMILES string of the molecule is N#Cc1ccc([C@@H]2C[C@@]23C(=O)N(Cc2cccc(C(=O)CS(=O)(=O)C4CC4)n2)c2ccccc23)cc1.N#Cc1ccc([C@H]2C[C@]23C(=O)N(Cc2cccc(C(=O)CS(=O)(=O)C4CC4)n2)c2ccccc23)cc1. The molecule has 0 bridgehead atoms. The second-order valence-corrected chi connectivity index (χ2v) is 24.2. The lowest BCUT2D eigenvalue weighted by Crippen LogP contribution is -2.33. The van der Waals surface area contributed by atoms with Crippen molar-refractivity contribution in [2.75, 3.05) is 21.3 Å². The highest BCUT2D eigenvalue weighted by atomic mass is 32.2. The van der Waals surface area contributed by atoms with Crippen molar-refractivity contribution in [1.29, 1.82) is 10.5 Å². The van der Waals surface area contributed by atoms with Crippen molar-refractivity contribution < 1.29 is 36.0 Å². The zero-order chi connectivity index (χ0) is 50.2. The first-order chi connectivity index (χ1) is 34.7. The van der Waals surface area contributed by atoms with Gasteiger partial charge in [0.1, 0.15) is 22.9 Å². The lowest BCUT2D eigenvalue weighted by Gasteiger charge is -2.18. The Morgan fingerprint density at radius 2 is 0.903 bits per heavy atom. The van der Waals surface area contributed by atoms with Gasteiger partial charge in [0.25, 0.3) is 0 Å². The van der Waals surface area contributed by atoms with Gasteiger partial charge in [-0.05, 0) is 121 Å². The molecule has 2 amide bonds. The van der Waals surface area contributed by atoms with Crippen LogP contribution in [0.25, 0.3) is 0 Å². The van der Waals surface area contributed by atoms with Gasteiger partial charge in [0.15, 0.2) is 31.2 Å². The van der Waals surface area contributed by atoms with Crippen LogP contribution in [0.2, 0.25) is 0 Å². The van der Waals surface area contributed by atoms with Gasteiger partial charge in [-0.3, -0.25) is 19.2 Å². The number of carbonyl (C=O) groups is 4. The number of nitrogens with zero attached hydrogens (tertiary/aromatic N) is 6. The molecule has 0 saturated heterocycles.